The van der Waals surface area contributed by atoms with Gasteiger partial charge in [0, 0.05) is 11.1 Å². The summed E-state index contributed by atoms with van der Waals surface area (Å²) < 4.78 is 17.3. The summed E-state index contributed by atoms with van der Waals surface area (Å²) in [7, 11) is 0. The fraction of sp³-hybridized carbons (Fsp3) is 0.200. The van der Waals surface area contributed by atoms with E-state index < -0.39 is 0 Å². The Bertz CT molecular complexity index is 342. The number of hydrogen-bond acceptors (Lipinski definition) is 1. The summed E-state index contributed by atoms with van der Waals surface area (Å²) in [6.45, 7) is 2.47. The van der Waals surface area contributed by atoms with Crippen molar-refractivity contribution in [3.8, 4) is 0 Å². The third-order valence-corrected chi connectivity index (χ3v) is 2.01. The van der Waals surface area contributed by atoms with E-state index in [4.69, 9.17) is 4.74 Å². The molecule has 0 atom stereocenters. The molecular formula is C10H9FO. The van der Waals surface area contributed by atoms with Gasteiger partial charge in [0.15, 0.2) is 5.76 Å². The zero-order chi connectivity index (χ0) is 8.55. The molecule has 2 heteroatoms. The molecule has 0 bridgehead atoms. The molecule has 12 heavy (non-hydrogen) atoms. The fourth-order valence-corrected chi connectivity index (χ4v) is 1.37. The molecule has 0 fully saturated rings. The summed E-state index contributed by atoms with van der Waals surface area (Å²) in [6, 6.07) is 5.91. The third kappa shape index (κ3) is 0.998. The Labute approximate surface area is 70.5 Å². The van der Waals surface area contributed by atoms with Gasteiger partial charge < -0.3 is 4.74 Å². The minimum Gasteiger partial charge on any atom is -0.486 e. The van der Waals surface area contributed by atoms with Gasteiger partial charge in [-0.25, -0.2) is 4.39 Å². The Hall–Kier alpha value is -1.31. The van der Waals surface area contributed by atoms with Gasteiger partial charge in [-0.05, 0) is 13.0 Å². The summed E-state index contributed by atoms with van der Waals surface area (Å²) in [4.78, 5) is 0. The van der Waals surface area contributed by atoms with Gasteiger partial charge in [0.1, 0.15) is 12.9 Å². The van der Waals surface area contributed by atoms with Gasteiger partial charge in [0.05, 0.1) is 0 Å². The number of fused-ring (bicyclic) bond motifs is 1. The lowest BCUT2D eigenvalue weighted by atomic mass is 10.1. The summed E-state index contributed by atoms with van der Waals surface area (Å²) >= 11 is 0. The van der Waals surface area contributed by atoms with Crippen LogP contribution in [0.25, 0.3) is 5.76 Å². The molecule has 0 saturated carbocycles. The van der Waals surface area contributed by atoms with E-state index in [1.54, 1.807) is 0 Å². The maximum absolute atomic E-state index is 12.2. The van der Waals surface area contributed by atoms with Crippen LogP contribution in [0.4, 0.5) is 4.39 Å². The monoisotopic (exact) mass is 164 g/mol. The van der Waals surface area contributed by atoms with E-state index in [2.05, 4.69) is 0 Å². The quantitative estimate of drug-likeness (QED) is 0.573. The lowest BCUT2D eigenvalue weighted by Crippen LogP contribution is -1.81. The van der Waals surface area contributed by atoms with E-state index in [1.807, 2.05) is 25.1 Å². The van der Waals surface area contributed by atoms with Crippen molar-refractivity contribution >= 4 is 5.76 Å². The number of hydrogen-bond donors (Lipinski definition) is 0. The van der Waals surface area contributed by atoms with Crippen molar-refractivity contribution in [2.24, 2.45) is 0 Å². The van der Waals surface area contributed by atoms with Crippen LogP contribution in [0.1, 0.15) is 16.7 Å². The van der Waals surface area contributed by atoms with Crippen molar-refractivity contribution < 1.29 is 9.13 Å². The number of rotatable bonds is 0. The highest BCUT2D eigenvalue weighted by atomic mass is 19.1. The second-order valence-corrected chi connectivity index (χ2v) is 2.92. The van der Waals surface area contributed by atoms with Crippen molar-refractivity contribution in [2.45, 2.75) is 13.5 Å². The van der Waals surface area contributed by atoms with Crippen LogP contribution in [0.15, 0.2) is 24.5 Å². The third-order valence-electron chi connectivity index (χ3n) is 2.01. The average Bonchev–Trinajstić information content (AvgIpc) is 2.46. The van der Waals surface area contributed by atoms with Crippen molar-refractivity contribution in [2.75, 3.05) is 0 Å². The molecule has 0 amide bonds. The summed E-state index contributed by atoms with van der Waals surface area (Å²) in [5.41, 5.74) is 3.07. The molecule has 1 nitrogen and oxygen atoms in total. The Kier molecular flexibility index (Phi) is 1.61. The number of ether oxygens (including phenoxy) is 1. The normalized spacial score (nSPS) is 17.7. The van der Waals surface area contributed by atoms with Gasteiger partial charge in [-0.1, -0.05) is 17.7 Å². The Morgan fingerprint density at radius 3 is 3.08 bits per heavy atom. The first-order chi connectivity index (χ1) is 5.81. The van der Waals surface area contributed by atoms with Crippen molar-refractivity contribution in [1.29, 1.82) is 0 Å². The highest BCUT2D eigenvalue weighted by Gasteiger charge is 2.16. The first kappa shape index (κ1) is 7.35. The first-order valence-electron chi connectivity index (χ1n) is 3.84. The Balaban J connectivity index is 2.57. The second kappa shape index (κ2) is 2.63. The highest BCUT2D eigenvalue weighted by molar-refractivity contribution is 5.65. The molecule has 0 aliphatic carbocycles. The van der Waals surface area contributed by atoms with Gasteiger partial charge in [-0.2, -0.15) is 0 Å². The van der Waals surface area contributed by atoms with Crippen LogP contribution in [-0.4, -0.2) is 0 Å². The summed E-state index contributed by atoms with van der Waals surface area (Å²) in [5, 5.41) is 0. The highest BCUT2D eigenvalue weighted by Crippen LogP contribution is 2.30. The standard InChI is InChI=1S/C10H9FO/c1-7-2-3-8-6-12-10(5-11)9(8)4-7/h2-5H,6H2,1H3. The van der Waals surface area contributed by atoms with Gasteiger partial charge in [-0.15, -0.1) is 0 Å². The van der Waals surface area contributed by atoms with Gasteiger partial charge in [0.2, 0.25) is 0 Å². The molecule has 1 aliphatic rings. The maximum Gasteiger partial charge on any atom is 0.155 e. The van der Waals surface area contributed by atoms with E-state index in [0.29, 0.717) is 18.7 Å². The molecule has 0 spiro atoms. The first-order valence-corrected chi connectivity index (χ1v) is 3.84. The number of aryl methyl sites for hydroxylation is 1. The minimum atomic E-state index is 0.355. The molecule has 2 rings (SSSR count). The zero-order valence-electron chi connectivity index (χ0n) is 6.80. The lowest BCUT2D eigenvalue weighted by Gasteiger charge is -1.97. The molecular weight excluding hydrogens is 155 g/mol. The van der Waals surface area contributed by atoms with Crippen LogP contribution in [0.2, 0.25) is 0 Å². The second-order valence-electron chi connectivity index (χ2n) is 2.92. The number of halogens is 1. The predicted octanol–water partition coefficient (Wildman–Crippen LogP) is 2.79. The molecule has 0 unspecified atom stereocenters. The molecule has 1 aromatic rings. The van der Waals surface area contributed by atoms with E-state index >= 15 is 0 Å². The van der Waals surface area contributed by atoms with Crippen molar-refractivity contribution in [3.63, 3.8) is 0 Å². The van der Waals surface area contributed by atoms with E-state index in [9.17, 15) is 4.39 Å². The van der Waals surface area contributed by atoms with Gasteiger partial charge in [-0.3, -0.25) is 0 Å². The van der Waals surface area contributed by atoms with Crippen LogP contribution >= 0.6 is 0 Å². The molecule has 1 heterocycles. The Morgan fingerprint density at radius 1 is 1.50 bits per heavy atom. The van der Waals surface area contributed by atoms with Gasteiger partial charge in [0.25, 0.3) is 0 Å². The van der Waals surface area contributed by atoms with Crippen LogP contribution in [0, 0.1) is 6.92 Å². The topological polar surface area (TPSA) is 9.23 Å². The van der Waals surface area contributed by atoms with Crippen molar-refractivity contribution in [1.82, 2.24) is 0 Å². The minimum absolute atomic E-state index is 0.355. The molecule has 1 aliphatic heterocycles. The van der Waals surface area contributed by atoms with E-state index in [1.165, 1.54) is 0 Å². The predicted molar refractivity (Wildman–Crippen MR) is 45.1 cm³/mol. The lowest BCUT2D eigenvalue weighted by molar-refractivity contribution is 0.281. The smallest absolute Gasteiger partial charge is 0.155 e. The molecule has 1 aromatic carbocycles. The van der Waals surface area contributed by atoms with Crippen LogP contribution in [0.5, 0.6) is 0 Å². The average molecular weight is 164 g/mol. The van der Waals surface area contributed by atoms with Crippen LogP contribution < -0.4 is 0 Å². The summed E-state index contributed by atoms with van der Waals surface area (Å²) in [6.07, 6.45) is 0.519. The SMILES string of the molecule is Cc1ccc2c(c1)C(=CF)OC2. The zero-order valence-corrected chi connectivity index (χ0v) is 6.80. The Morgan fingerprint density at radius 2 is 2.33 bits per heavy atom. The summed E-state index contributed by atoms with van der Waals surface area (Å²) in [5.74, 6) is 0.355. The molecule has 0 radical (unpaired) electrons. The van der Waals surface area contributed by atoms with Crippen LogP contribution in [-0.2, 0) is 11.3 Å². The largest absolute Gasteiger partial charge is 0.486 e. The van der Waals surface area contributed by atoms with E-state index in [-0.39, 0.29) is 0 Å². The van der Waals surface area contributed by atoms with E-state index in [0.717, 1.165) is 16.7 Å². The van der Waals surface area contributed by atoms with Crippen molar-refractivity contribution in [3.05, 3.63) is 41.2 Å². The maximum atomic E-state index is 12.2. The molecule has 0 aromatic heterocycles. The number of benzene rings is 1. The molecule has 0 saturated heterocycles. The fourth-order valence-electron chi connectivity index (χ4n) is 1.37. The van der Waals surface area contributed by atoms with Crippen LogP contribution in [0.3, 0.4) is 0 Å². The molecule has 0 N–H and O–H groups in total. The van der Waals surface area contributed by atoms with Gasteiger partial charge >= 0.3 is 0 Å². The molecule has 62 valence electrons.